The predicted octanol–water partition coefficient (Wildman–Crippen LogP) is 3.37. The van der Waals surface area contributed by atoms with Crippen molar-refractivity contribution in [1.29, 1.82) is 0 Å². The Morgan fingerprint density at radius 2 is 1.79 bits per heavy atom. The van der Waals surface area contributed by atoms with Crippen LogP contribution >= 0.6 is 0 Å². The lowest BCUT2D eigenvalue weighted by molar-refractivity contribution is -0.139. The maximum atomic E-state index is 12.7. The molecule has 24 heavy (non-hydrogen) atoms. The zero-order valence-corrected chi connectivity index (χ0v) is 14.0. The molecule has 2 aromatic rings. The van der Waals surface area contributed by atoms with Gasteiger partial charge in [-0.25, -0.2) is 4.79 Å². The Morgan fingerprint density at radius 1 is 1.12 bits per heavy atom. The topological polar surface area (TPSA) is 75.6 Å². The van der Waals surface area contributed by atoms with Crippen molar-refractivity contribution >= 4 is 17.6 Å². The largest absolute Gasteiger partial charge is 0.482 e. The summed E-state index contributed by atoms with van der Waals surface area (Å²) in [5.74, 6) is -0.810. The van der Waals surface area contributed by atoms with E-state index in [2.05, 4.69) is 5.32 Å². The Bertz CT molecular complexity index is 735. The third-order valence-corrected chi connectivity index (χ3v) is 3.80. The molecule has 0 atom stereocenters. The van der Waals surface area contributed by atoms with E-state index >= 15 is 0 Å². The number of aryl methyl sites for hydroxylation is 1. The molecule has 0 bridgehead atoms. The van der Waals surface area contributed by atoms with Crippen LogP contribution in [0.3, 0.4) is 0 Å². The summed E-state index contributed by atoms with van der Waals surface area (Å²) in [6, 6.07) is 14.5. The minimum absolute atomic E-state index is 0.151. The van der Waals surface area contributed by atoms with Gasteiger partial charge in [-0.05, 0) is 38.5 Å². The summed E-state index contributed by atoms with van der Waals surface area (Å²) in [7, 11) is 0. The van der Waals surface area contributed by atoms with Crippen LogP contribution < -0.4 is 10.1 Å². The van der Waals surface area contributed by atoms with E-state index in [1.807, 2.05) is 45.0 Å². The average molecular weight is 327 g/mol. The summed E-state index contributed by atoms with van der Waals surface area (Å²) in [4.78, 5) is 23.2. The number of hydrogen-bond acceptors (Lipinski definition) is 3. The zero-order chi connectivity index (χ0) is 17.7. The molecule has 0 aliphatic carbocycles. The SMILES string of the molecule is Cc1ccc(C(C)(C)C(=O)Nc2cccc(OCC(=O)O)c2)cc1. The van der Waals surface area contributed by atoms with Crippen LogP contribution in [0.15, 0.2) is 48.5 Å². The van der Waals surface area contributed by atoms with Crippen molar-refractivity contribution in [3.05, 3.63) is 59.7 Å². The molecular formula is C19H21NO4. The van der Waals surface area contributed by atoms with Crippen molar-refractivity contribution in [2.24, 2.45) is 0 Å². The van der Waals surface area contributed by atoms with E-state index in [1.54, 1.807) is 24.3 Å². The quantitative estimate of drug-likeness (QED) is 0.853. The van der Waals surface area contributed by atoms with E-state index < -0.39 is 18.0 Å². The van der Waals surface area contributed by atoms with Gasteiger partial charge in [-0.3, -0.25) is 4.79 Å². The summed E-state index contributed by atoms with van der Waals surface area (Å²) >= 11 is 0. The molecule has 2 rings (SSSR count). The van der Waals surface area contributed by atoms with Crippen molar-refractivity contribution in [3.8, 4) is 5.75 Å². The molecule has 0 aliphatic heterocycles. The first-order valence-corrected chi connectivity index (χ1v) is 7.62. The molecule has 0 saturated carbocycles. The monoisotopic (exact) mass is 327 g/mol. The molecule has 0 heterocycles. The van der Waals surface area contributed by atoms with Crippen LogP contribution in [-0.4, -0.2) is 23.6 Å². The number of carbonyl (C=O) groups is 2. The molecule has 0 radical (unpaired) electrons. The van der Waals surface area contributed by atoms with Gasteiger partial charge in [-0.1, -0.05) is 35.9 Å². The fourth-order valence-corrected chi connectivity index (χ4v) is 2.20. The van der Waals surface area contributed by atoms with E-state index in [0.29, 0.717) is 11.4 Å². The molecule has 5 nitrogen and oxygen atoms in total. The first kappa shape index (κ1) is 17.5. The van der Waals surface area contributed by atoms with Crippen molar-refractivity contribution in [1.82, 2.24) is 0 Å². The third kappa shape index (κ3) is 4.35. The summed E-state index contributed by atoms with van der Waals surface area (Å²) in [5.41, 5.74) is 1.91. The van der Waals surface area contributed by atoms with Gasteiger partial charge in [0.1, 0.15) is 5.75 Å². The van der Waals surface area contributed by atoms with Gasteiger partial charge < -0.3 is 15.2 Å². The number of nitrogens with one attached hydrogen (secondary N) is 1. The van der Waals surface area contributed by atoms with Crippen LogP contribution in [0, 0.1) is 6.92 Å². The van der Waals surface area contributed by atoms with Crippen LogP contribution in [-0.2, 0) is 15.0 Å². The van der Waals surface area contributed by atoms with Crippen LogP contribution in [0.1, 0.15) is 25.0 Å². The van der Waals surface area contributed by atoms with Gasteiger partial charge in [0.15, 0.2) is 6.61 Å². The van der Waals surface area contributed by atoms with Crippen molar-refractivity contribution in [2.75, 3.05) is 11.9 Å². The second kappa shape index (κ2) is 7.17. The Hall–Kier alpha value is -2.82. The summed E-state index contributed by atoms with van der Waals surface area (Å²) in [6.45, 7) is 5.29. The van der Waals surface area contributed by atoms with Crippen molar-refractivity contribution in [3.63, 3.8) is 0 Å². The fraction of sp³-hybridized carbons (Fsp3) is 0.263. The molecular weight excluding hydrogens is 306 g/mol. The number of aliphatic carboxylic acids is 1. The standard InChI is InChI=1S/C19H21NO4/c1-13-7-9-14(10-8-13)19(2,3)18(23)20-15-5-4-6-16(11-15)24-12-17(21)22/h4-11H,12H2,1-3H3,(H,20,23)(H,21,22). The highest BCUT2D eigenvalue weighted by atomic mass is 16.5. The van der Waals surface area contributed by atoms with Crippen molar-refractivity contribution < 1.29 is 19.4 Å². The Balaban J connectivity index is 2.12. The molecule has 2 aromatic carbocycles. The first-order valence-electron chi connectivity index (χ1n) is 7.62. The summed E-state index contributed by atoms with van der Waals surface area (Å²) < 4.78 is 5.12. The smallest absolute Gasteiger partial charge is 0.341 e. The van der Waals surface area contributed by atoms with Crippen LogP contribution in [0.2, 0.25) is 0 Å². The van der Waals surface area contributed by atoms with Crippen LogP contribution in [0.5, 0.6) is 5.75 Å². The number of ether oxygens (including phenoxy) is 1. The minimum Gasteiger partial charge on any atom is -0.482 e. The predicted molar refractivity (Wildman–Crippen MR) is 92.4 cm³/mol. The number of carboxylic acid groups (broad SMARTS) is 1. The van der Waals surface area contributed by atoms with Gasteiger partial charge in [0.25, 0.3) is 0 Å². The van der Waals surface area contributed by atoms with E-state index in [9.17, 15) is 9.59 Å². The lowest BCUT2D eigenvalue weighted by Crippen LogP contribution is -2.34. The molecule has 1 amide bonds. The lowest BCUT2D eigenvalue weighted by Gasteiger charge is -2.24. The van der Waals surface area contributed by atoms with E-state index in [-0.39, 0.29) is 5.91 Å². The number of carbonyl (C=O) groups excluding carboxylic acids is 1. The number of anilines is 1. The highest BCUT2D eigenvalue weighted by Gasteiger charge is 2.29. The van der Waals surface area contributed by atoms with Crippen LogP contribution in [0.4, 0.5) is 5.69 Å². The Kier molecular flexibility index (Phi) is 5.24. The lowest BCUT2D eigenvalue weighted by atomic mass is 9.83. The molecule has 126 valence electrons. The van der Waals surface area contributed by atoms with Gasteiger partial charge in [-0.15, -0.1) is 0 Å². The fourth-order valence-electron chi connectivity index (χ4n) is 2.20. The highest BCUT2D eigenvalue weighted by molar-refractivity contribution is 5.98. The molecule has 0 unspecified atom stereocenters. The number of amides is 1. The molecule has 5 heteroatoms. The van der Waals surface area contributed by atoms with E-state index in [1.165, 1.54) is 0 Å². The van der Waals surface area contributed by atoms with Gasteiger partial charge in [0, 0.05) is 11.8 Å². The maximum absolute atomic E-state index is 12.7. The number of hydrogen-bond donors (Lipinski definition) is 2. The average Bonchev–Trinajstić information content (AvgIpc) is 2.53. The maximum Gasteiger partial charge on any atom is 0.341 e. The van der Waals surface area contributed by atoms with E-state index in [4.69, 9.17) is 9.84 Å². The number of carboxylic acids is 1. The normalized spacial score (nSPS) is 11.0. The van der Waals surface area contributed by atoms with Crippen molar-refractivity contribution in [2.45, 2.75) is 26.2 Å². The Morgan fingerprint density at radius 3 is 2.42 bits per heavy atom. The third-order valence-electron chi connectivity index (χ3n) is 3.80. The van der Waals surface area contributed by atoms with Gasteiger partial charge in [0.2, 0.25) is 5.91 Å². The molecule has 2 N–H and O–H groups in total. The molecule has 0 aromatic heterocycles. The Labute approximate surface area is 141 Å². The highest BCUT2D eigenvalue weighted by Crippen LogP contribution is 2.26. The molecule has 0 spiro atoms. The number of rotatable bonds is 6. The molecule has 0 saturated heterocycles. The van der Waals surface area contributed by atoms with Gasteiger partial charge >= 0.3 is 5.97 Å². The minimum atomic E-state index is -1.05. The van der Waals surface area contributed by atoms with Gasteiger partial charge in [-0.2, -0.15) is 0 Å². The first-order chi connectivity index (χ1) is 11.3. The van der Waals surface area contributed by atoms with E-state index in [0.717, 1.165) is 11.1 Å². The second-order valence-corrected chi connectivity index (χ2v) is 6.16. The summed E-state index contributed by atoms with van der Waals surface area (Å²) in [5, 5.41) is 11.5. The zero-order valence-electron chi connectivity index (χ0n) is 14.0. The molecule has 0 fully saturated rings. The van der Waals surface area contributed by atoms with Crippen LogP contribution in [0.25, 0.3) is 0 Å². The summed E-state index contributed by atoms with van der Waals surface area (Å²) in [6.07, 6.45) is 0. The molecule has 0 aliphatic rings. The number of benzene rings is 2. The van der Waals surface area contributed by atoms with Gasteiger partial charge in [0.05, 0.1) is 5.41 Å². The second-order valence-electron chi connectivity index (χ2n) is 6.16.